The van der Waals surface area contributed by atoms with E-state index in [2.05, 4.69) is 15.5 Å². The van der Waals surface area contributed by atoms with E-state index in [1.165, 1.54) is 12.1 Å². The molecule has 1 aromatic heterocycles. The lowest BCUT2D eigenvalue weighted by Crippen LogP contribution is -2.25. The van der Waals surface area contributed by atoms with Crippen LogP contribution in [-0.4, -0.2) is 22.6 Å². The van der Waals surface area contributed by atoms with Crippen molar-refractivity contribution in [1.82, 2.24) is 15.5 Å². The second-order valence-electron chi connectivity index (χ2n) is 5.13. The van der Waals surface area contributed by atoms with E-state index >= 15 is 0 Å². The molecule has 25 heavy (non-hydrogen) atoms. The fraction of sp³-hybridized carbons (Fsp3) is 0.118. The van der Waals surface area contributed by atoms with E-state index in [0.29, 0.717) is 27.9 Å². The van der Waals surface area contributed by atoms with Crippen LogP contribution in [0.5, 0.6) is 0 Å². The maximum Gasteiger partial charge on any atom is 0.251 e. The van der Waals surface area contributed by atoms with Crippen LogP contribution in [0.15, 0.2) is 47.0 Å². The molecule has 0 unspecified atom stereocenters. The molecule has 1 N–H and O–H groups in total. The van der Waals surface area contributed by atoms with E-state index in [4.69, 9.17) is 27.7 Å². The fourth-order valence-corrected chi connectivity index (χ4v) is 2.43. The highest BCUT2D eigenvalue weighted by molar-refractivity contribution is 6.42. The summed E-state index contributed by atoms with van der Waals surface area (Å²) in [5.74, 6) is -0.258. The first kappa shape index (κ1) is 17.4. The van der Waals surface area contributed by atoms with Crippen LogP contribution in [0.25, 0.3) is 11.4 Å². The molecule has 0 aliphatic rings. The molecule has 0 fully saturated rings. The maximum absolute atomic E-state index is 13.7. The molecular weight excluding hydrogens is 368 g/mol. The molecule has 128 valence electrons. The zero-order valence-corrected chi connectivity index (χ0v) is 14.3. The van der Waals surface area contributed by atoms with Crippen LogP contribution in [0.4, 0.5) is 4.39 Å². The largest absolute Gasteiger partial charge is 0.352 e. The molecule has 0 saturated carbocycles. The number of nitrogens with one attached hydrogen (secondary N) is 1. The van der Waals surface area contributed by atoms with Gasteiger partial charge >= 0.3 is 0 Å². The number of amides is 1. The lowest BCUT2D eigenvalue weighted by Gasteiger charge is -2.04. The smallest absolute Gasteiger partial charge is 0.251 e. The van der Waals surface area contributed by atoms with E-state index in [-0.39, 0.29) is 23.8 Å². The van der Waals surface area contributed by atoms with Crippen molar-refractivity contribution >= 4 is 29.1 Å². The Labute approximate surface area is 152 Å². The van der Waals surface area contributed by atoms with Crippen molar-refractivity contribution in [1.29, 1.82) is 0 Å². The van der Waals surface area contributed by atoms with Crippen LogP contribution in [-0.2, 0) is 6.42 Å². The van der Waals surface area contributed by atoms with Gasteiger partial charge in [0.1, 0.15) is 5.82 Å². The Bertz CT molecular complexity index is 914. The van der Waals surface area contributed by atoms with Gasteiger partial charge in [-0.15, -0.1) is 0 Å². The Morgan fingerprint density at radius 1 is 1.16 bits per heavy atom. The minimum Gasteiger partial charge on any atom is -0.352 e. The predicted molar refractivity (Wildman–Crippen MR) is 92.2 cm³/mol. The number of hydrogen-bond donors (Lipinski definition) is 1. The molecule has 1 heterocycles. The third-order valence-electron chi connectivity index (χ3n) is 3.39. The third-order valence-corrected chi connectivity index (χ3v) is 4.13. The van der Waals surface area contributed by atoms with Crippen molar-refractivity contribution in [3.8, 4) is 11.4 Å². The summed E-state index contributed by atoms with van der Waals surface area (Å²) in [6, 6.07) is 10.8. The Morgan fingerprint density at radius 2 is 1.96 bits per heavy atom. The van der Waals surface area contributed by atoms with E-state index in [0.717, 1.165) is 0 Å². The Balaban J connectivity index is 1.58. The van der Waals surface area contributed by atoms with Gasteiger partial charge in [-0.3, -0.25) is 4.79 Å². The van der Waals surface area contributed by atoms with Gasteiger partial charge < -0.3 is 9.84 Å². The Kier molecular flexibility index (Phi) is 5.31. The molecule has 0 radical (unpaired) electrons. The molecule has 1 amide bonds. The van der Waals surface area contributed by atoms with Crippen molar-refractivity contribution in [2.45, 2.75) is 6.42 Å². The lowest BCUT2D eigenvalue weighted by molar-refractivity contribution is 0.0953. The number of rotatable bonds is 5. The molecule has 0 spiro atoms. The minimum atomic E-state index is -0.428. The van der Waals surface area contributed by atoms with E-state index in [1.54, 1.807) is 30.3 Å². The summed E-state index contributed by atoms with van der Waals surface area (Å²) < 4.78 is 18.8. The molecule has 3 aromatic rings. The number of carbonyl (C=O) groups excluding carboxylic acids is 1. The van der Waals surface area contributed by atoms with Crippen LogP contribution in [0, 0.1) is 5.82 Å². The summed E-state index contributed by atoms with van der Waals surface area (Å²) in [6.07, 6.45) is 0.314. The average Bonchev–Trinajstić information content (AvgIpc) is 3.06. The van der Waals surface area contributed by atoms with Crippen LogP contribution in [0.3, 0.4) is 0 Å². The molecule has 0 atom stereocenters. The predicted octanol–water partition coefficient (Wildman–Crippen LogP) is 4.16. The number of benzene rings is 2. The van der Waals surface area contributed by atoms with Crippen LogP contribution >= 0.6 is 23.2 Å². The van der Waals surface area contributed by atoms with Crippen molar-refractivity contribution < 1.29 is 13.7 Å². The summed E-state index contributed by atoms with van der Waals surface area (Å²) in [5.41, 5.74) is 0.657. The van der Waals surface area contributed by atoms with Crippen LogP contribution < -0.4 is 5.32 Å². The molecule has 8 heteroatoms. The summed E-state index contributed by atoms with van der Waals surface area (Å²) in [6.45, 7) is 0.276. The molecule has 2 aromatic carbocycles. The Morgan fingerprint density at radius 3 is 2.72 bits per heavy atom. The number of nitrogens with zero attached hydrogens (tertiary/aromatic N) is 2. The zero-order chi connectivity index (χ0) is 17.8. The molecule has 0 saturated heterocycles. The highest BCUT2D eigenvalue weighted by atomic mass is 35.5. The number of halogens is 3. The summed E-state index contributed by atoms with van der Waals surface area (Å²) in [7, 11) is 0. The second-order valence-corrected chi connectivity index (χ2v) is 5.94. The second kappa shape index (κ2) is 7.63. The molecule has 5 nitrogen and oxygen atoms in total. The van der Waals surface area contributed by atoms with Crippen LogP contribution in [0.1, 0.15) is 16.2 Å². The number of aromatic nitrogens is 2. The zero-order valence-electron chi connectivity index (χ0n) is 12.8. The third kappa shape index (κ3) is 4.15. The van der Waals surface area contributed by atoms with Crippen molar-refractivity contribution in [2.75, 3.05) is 6.54 Å². The normalized spacial score (nSPS) is 10.7. The van der Waals surface area contributed by atoms with Gasteiger partial charge in [0, 0.05) is 18.5 Å². The number of hydrogen-bond acceptors (Lipinski definition) is 4. The topological polar surface area (TPSA) is 68.0 Å². The standard InChI is InChI=1S/C17H12Cl2FN3O2/c18-12-6-5-10(9-13(12)19)17(24)21-8-7-15-22-16(23-25-15)11-3-1-2-4-14(11)20/h1-6,9H,7-8H2,(H,21,24). The quantitative estimate of drug-likeness (QED) is 0.722. The first-order chi connectivity index (χ1) is 12.0. The minimum absolute atomic E-state index is 0.170. The van der Waals surface area contributed by atoms with Crippen molar-refractivity contribution in [3.63, 3.8) is 0 Å². The van der Waals surface area contributed by atoms with Gasteiger partial charge in [-0.05, 0) is 30.3 Å². The van der Waals surface area contributed by atoms with Crippen molar-refractivity contribution in [3.05, 3.63) is 69.8 Å². The van der Waals surface area contributed by atoms with Gasteiger partial charge in [0.25, 0.3) is 5.91 Å². The fourth-order valence-electron chi connectivity index (χ4n) is 2.13. The Hall–Kier alpha value is -2.44. The molecule has 0 bridgehead atoms. The highest BCUT2D eigenvalue weighted by Crippen LogP contribution is 2.22. The SMILES string of the molecule is O=C(NCCc1nc(-c2ccccc2F)no1)c1ccc(Cl)c(Cl)c1. The van der Waals surface area contributed by atoms with E-state index in [1.807, 2.05) is 0 Å². The van der Waals surface area contributed by atoms with Gasteiger partial charge in [-0.1, -0.05) is 40.5 Å². The average molecular weight is 380 g/mol. The number of carbonyl (C=O) groups is 1. The molecule has 3 rings (SSSR count). The summed E-state index contributed by atoms with van der Waals surface area (Å²) >= 11 is 11.7. The van der Waals surface area contributed by atoms with Crippen LogP contribution in [0.2, 0.25) is 10.0 Å². The highest BCUT2D eigenvalue weighted by Gasteiger charge is 2.13. The molecular formula is C17H12Cl2FN3O2. The monoisotopic (exact) mass is 379 g/mol. The van der Waals surface area contributed by atoms with Gasteiger partial charge in [0.15, 0.2) is 0 Å². The van der Waals surface area contributed by atoms with Gasteiger partial charge in [0.05, 0.1) is 15.6 Å². The van der Waals surface area contributed by atoms with E-state index < -0.39 is 5.82 Å². The first-order valence-corrected chi connectivity index (χ1v) is 8.11. The summed E-state index contributed by atoms with van der Waals surface area (Å²) in [5, 5.41) is 7.15. The van der Waals surface area contributed by atoms with Crippen molar-refractivity contribution in [2.24, 2.45) is 0 Å². The molecule has 0 aliphatic carbocycles. The lowest BCUT2D eigenvalue weighted by atomic mass is 10.2. The molecule has 0 aliphatic heterocycles. The van der Waals surface area contributed by atoms with Gasteiger partial charge in [0.2, 0.25) is 11.7 Å². The van der Waals surface area contributed by atoms with Gasteiger partial charge in [-0.25, -0.2) is 4.39 Å². The van der Waals surface area contributed by atoms with Gasteiger partial charge in [-0.2, -0.15) is 4.98 Å². The summed E-state index contributed by atoms with van der Waals surface area (Å²) in [4.78, 5) is 16.2. The maximum atomic E-state index is 13.7. The van der Waals surface area contributed by atoms with E-state index in [9.17, 15) is 9.18 Å². The first-order valence-electron chi connectivity index (χ1n) is 7.35.